The van der Waals surface area contributed by atoms with Crippen molar-refractivity contribution < 1.29 is 19.0 Å². The number of esters is 1. The molecule has 1 unspecified atom stereocenters. The lowest BCUT2D eigenvalue weighted by atomic mass is 10.1. The topological polar surface area (TPSA) is 44.8 Å². The van der Waals surface area contributed by atoms with Gasteiger partial charge in [-0.2, -0.15) is 0 Å². The SMILES string of the molecule is CCC(C)COC(=O)/C=C/c1ccc(OC/C=C(/C)CCC=C(C)C)c(OC)c1. The third kappa shape index (κ3) is 10.6. The molecule has 1 rings (SSSR count). The molecule has 0 bridgehead atoms. The fourth-order valence-corrected chi connectivity index (χ4v) is 2.43. The highest BCUT2D eigenvalue weighted by molar-refractivity contribution is 5.87. The van der Waals surface area contributed by atoms with Gasteiger partial charge in [-0.3, -0.25) is 0 Å². The Hall–Kier alpha value is -2.49. The molecule has 0 heterocycles. The van der Waals surface area contributed by atoms with E-state index >= 15 is 0 Å². The minimum absolute atomic E-state index is 0.335. The maximum absolute atomic E-state index is 11.8. The molecule has 160 valence electrons. The van der Waals surface area contributed by atoms with E-state index in [1.54, 1.807) is 13.2 Å². The van der Waals surface area contributed by atoms with E-state index in [2.05, 4.69) is 46.8 Å². The van der Waals surface area contributed by atoms with E-state index in [0.29, 0.717) is 30.6 Å². The van der Waals surface area contributed by atoms with Gasteiger partial charge in [-0.25, -0.2) is 4.79 Å². The van der Waals surface area contributed by atoms with Gasteiger partial charge in [0.2, 0.25) is 0 Å². The summed E-state index contributed by atoms with van der Waals surface area (Å²) in [4.78, 5) is 11.8. The van der Waals surface area contributed by atoms with Crippen molar-refractivity contribution in [3.63, 3.8) is 0 Å². The Morgan fingerprint density at radius 3 is 2.55 bits per heavy atom. The number of rotatable bonds is 12. The van der Waals surface area contributed by atoms with Gasteiger partial charge >= 0.3 is 5.97 Å². The molecule has 0 aliphatic rings. The predicted octanol–water partition coefficient (Wildman–Crippen LogP) is 6.37. The molecule has 4 heteroatoms. The van der Waals surface area contributed by atoms with Crippen LogP contribution in [0.15, 0.2) is 47.6 Å². The summed E-state index contributed by atoms with van der Waals surface area (Å²) in [5, 5.41) is 0. The molecule has 0 radical (unpaired) electrons. The molecule has 4 nitrogen and oxygen atoms in total. The first-order valence-corrected chi connectivity index (χ1v) is 10.3. The number of benzene rings is 1. The first kappa shape index (κ1) is 24.5. The highest BCUT2D eigenvalue weighted by Crippen LogP contribution is 2.28. The summed E-state index contributed by atoms with van der Waals surface area (Å²) in [5.74, 6) is 1.35. The van der Waals surface area contributed by atoms with Crippen molar-refractivity contribution in [1.82, 2.24) is 0 Å². The van der Waals surface area contributed by atoms with Gasteiger partial charge in [-0.1, -0.05) is 43.6 Å². The monoisotopic (exact) mass is 400 g/mol. The maximum Gasteiger partial charge on any atom is 0.330 e. The molecule has 0 saturated heterocycles. The second-order valence-corrected chi connectivity index (χ2v) is 7.57. The van der Waals surface area contributed by atoms with Crippen LogP contribution in [0.3, 0.4) is 0 Å². The highest BCUT2D eigenvalue weighted by atomic mass is 16.5. The number of carbonyl (C=O) groups excluding carboxylic acids is 1. The summed E-state index contributed by atoms with van der Waals surface area (Å²) < 4.78 is 16.5. The summed E-state index contributed by atoms with van der Waals surface area (Å²) in [7, 11) is 1.61. The summed E-state index contributed by atoms with van der Waals surface area (Å²) in [6.45, 7) is 11.4. The van der Waals surface area contributed by atoms with Gasteiger partial charge in [0.25, 0.3) is 0 Å². The molecule has 0 aromatic heterocycles. The molecule has 29 heavy (non-hydrogen) atoms. The average molecular weight is 401 g/mol. The standard InChI is InChI=1S/C25H36O4/c1-7-20(4)18-29-25(26)14-12-22-11-13-23(24(17-22)27-6)28-16-15-21(5)10-8-9-19(2)3/h9,11-15,17,20H,7-8,10,16,18H2,1-6H3/b14-12+,21-15-. The summed E-state index contributed by atoms with van der Waals surface area (Å²) in [5.41, 5.74) is 3.50. The van der Waals surface area contributed by atoms with Crippen molar-refractivity contribution >= 4 is 12.0 Å². The van der Waals surface area contributed by atoms with Gasteiger partial charge in [-0.05, 0) is 69.4 Å². The minimum Gasteiger partial charge on any atom is -0.493 e. The van der Waals surface area contributed by atoms with Crippen LogP contribution in [-0.4, -0.2) is 26.3 Å². The van der Waals surface area contributed by atoms with E-state index in [0.717, 1.165) is 24.8 Å². The largest absolute Gasteiger partial charge is 0.493 e. The molecular weight excluding hydrogens is 364 g/mol. The number of carbonyl (C=O) groups is 1. The number of allylic oxidation sites excluding steroid dienone is 3. The number of hydrogen-bond donors (Lipinski definition) is 0. The fourth-order valence-electron chi connectivity index (χ4n) is 2.43. The Balaban J connectivity index is 2.61. The van der Waals surface area contributed by atoms with E-state index < -0.39 is 0 Å². The van der Waals surface area contributed by atoms with Crippen LogP contribution in [-0.2, 0) is 9.53 Å². The third-order valence-corrected chi connectivity index (χ3v) is 4.57. The Kier molecular flexibility index (Phi) is 11.6. The molecule has 0 fully saturated rings. The van der Waals surface area contributed by atoms with Crippen LogP contribution >= 0.6 is 0 Å². The van der Waals surface area contributed by atoms with Crippen LogP contribution in [0.5, 0.6) is 11.5 Å². The fraction of sp³-hybridized carbons (Fsp3) is 0.480. The second kappa shape index (κ2) is 13.6. The zero-order chi connectivity index (χ0) is 21.6. The van der Waals surface area contributed by atoms with Crippen LogP contribution in [0.4, 0.5) is 0 Å². The molecule has 0 saturated carbocycles. The minimum atomic E-state index is -0.335. The Morgan fingerprint density at radius 1 is 1.14 bits per heavy atom. The van der Waals surface area contributed by atoms with Gasteiger partial charge < -0.3 is 14.2 Å². The molecule has 1 aromatic carbocycles. The highest BCUT2D eigenvalue weighted by Gasteiger charge is 2.06. The Morgan fingerprint density at radius 2 is 1.90 bits per heavy atom. The molecular formula is C25H36O4. The summed E-state index contributed by atoms with van der Waals surface area (Å²) in [6.07, 6.45) is 10.6. The molecule has 0 spiro atoms. The smallest absolute Gasteiger partial charge is 0.330 e. The number of hydrogen-bond acceptors (Lipinski definition) is 4. The number of methoxy groups -OCH3 is 1. The van der Waals surface area contributed by atoms with E-state index in [9.17, 15) is 4.79 Å². The van der Waals surface area contributed by atoms with Crippen molar-refractivity contribution in [1.29, 1.82) is 0 Å². The van der Waals surface area contributed by atoms with Crippen LogP contribution in [0.25, 0.3) is 6.08 Å². The van der Waals surface area contributed by atoms with E-state index in [-0.39, 0.29) is 5.97 Å². The predicted molar refractivity (Wildman–Crippen MR) is 120 cm³/mol. The van der Waals surface area contributed by atoms with Crippen LogP contribution in [0.1, 0.15) is 59.4 Å². The molecule has 0 N–H and O–H groups in total. The normalized spacial score (nSPS) is 12.6. The lowest BCUT2D eigenvalue weighted by molar-refractivity contribution is -0.138. The molecule has 0 amide bonds. The Bertz CT molecular complexity index is 724. The molecule has 1 aromatic rings. The maximum atomic E-state index is 11.8. The van der Waals surface area contributed by atoms with Crippen LogP contribution in [0, 0.1) is 5.92 Å². The van der Waals surface area contributed by atoms with Crippen molar-refractivity contribution in [3.8, 4) is 11.5 Å². The first-order valence-electron chi connectivity index (χ1n) is 10.3. The van der Waals surface area contributed by atoms with Gasteiger partial charge in [-0.15, -0.1) is 0 Å². The lowest BCUT2D eigenvalue weighted by Crippen LogP contribution is -2.08. The van der Waals surface area contributed by atoms with Gasteiger partial charge in [0.1, 0.15) is 6.61 Å². The zero-order valence-corrected chi connectivity index (χ0v) is 18.8. The van der Waals surface area contributed by atoms with E-state index in [1.165, 1.54) is 17.2 Å². The molecule has 0 aliphatic heterocycles. The van der Waals surface area contributed by atoms with Crippen molar-refractivity contribution in [2.24, 2.45) is 5.92 Å². The Labute approximate surface area is 176 Å². The average Bonchev–Trinajstić information content (AvgIpc) is 2.70. The number of ether oxygens (including phenoxy) is 3. The van der Waals surface area contributed by atoms with E-state index in [4.69, 9.17) is 14.2 Å². The van der Waals surface area contributed by atoms with E-state index in [1.807, 2.05) is 18.2 Å². The van der Waals surface area contributed by atoms with Crippen LogP contribution in [0.2, 0.25) is 0 Å². The second-order valence-electron chi connectivity index (χ2n) is 7.57. The molecule has 1 atom stereocenters. The lowest BCUT2D eigenvalue weighted by Gasteiger charge is -2.10. The van der Waals surface area contributed by atoms with Gasteiger partial charge in [0.05, 0.1) is 13.7 Å². The van der Waals surface area contributed by atoms with Gasteiger partial charge in [0, 0.05) is 6.08 Å². The third-order valence-electron chi connectivity index (χ3n) is 4.57. The molecule has 0 aliphatic carbocycles. The van der Waals surface area contributed by atoms with Crippen molar-refractivity contribution in [2.75, 3.05) is 20.3 Å². The van der Waals surface area contributed by atoms with Crippen molar-refractivity contribution in [3.05, 3.63) is 53.1 Å². The van der Waals surface area contributed by atoms with Gasteiger partial charge in [0.15, 0.2) is 11.5 Å². The quantitative estimate of drug-likeness (QED) is 0.232. The first-order chi connectivity index (χ1) is 13.8. The van der Waals surface area contributed by atoms with Crippen LogP contribution < -0.4 is 9.47 Å². The summed E-state index contributed by atoms with van der Waals surface area (Å²) >= 11 is 0. The summed E-state index contributed by atoms with van der Waals surface area (Å²) in [6, 6.07) is 5.59. The van der Waals surface area contributed by atoms with Crippen molar-refractivity contribution in [2.45, 2.75) is 53.9 Å². The zero-order valence-electron chi connectivity index (χ0n) is 18.8.